The number of hydrogen-bond donors (Lipinski definition) is 1. The maximum absolute atomic E-state index is 12.6. The zero-order valence-corrected chi connectivity index (χ0v) is 14.5. The Morgan fingerprint density at radius 3 is 2.91 bits per heavy atom. The molecule has 0 aliphatic carbocycles. The van der Waals surface area contributed by atoms with Crippen LogP contribution in [0.1, 0.15) is 35.3 Å². The van der Waals surface area contributed by atoms with Crippen molar-refractivity contribution in [2.45, 2.75) is 25.9 Å². The second kappa shape index (κ2) is 7.85. The summed E-state index contributed by atoms with van der Waals surface area (Å²) in [5.41, 5.74) is 0.484. The van der Waals surface area contributed by atoms with E-state index < -0.39 is 5.97 Å². The largest absolute Gasteiger partial charge is 0.480 e. The highest BCUT2D eigenvalue weighted by molar-refractivity contribution is 7.09. The van der Waals surface area contributed by atoms with Crippen LogP contribution < -0.4 is 0 Å². The van der Waals surface area contributed by atoms with Gasteiger partial charge in [0.15, 0.2) is 0 Å². The molecule has 23 heavy (non-hydrogen) atoms. The third-order valence-electron chi connectivity index (χ3n) is 3.58. The number of carbonyl (C=O) groups is 2. The lowest BCUT2D eigenvalue weighted by Gasteiger charge is -2.34. The summed E-state index contributed by atoms with van der Waals surface area (Å²) in [6, 6.07) is 0. The Kier molecular flexibility index (Phi) is 6.09. The first-order valence-electron chi connectivity index (χ1n) is 7.63. The molecule has 1 aromatic heterocycles. The van der Waals surface area contributed by atoms with Gasteiger partial charge in [0, 0.05) is 30.9 Å². The zero-order valence-electron chi connectivity index (χ0n) is 13.7. The van der Waals surface area contributed by atoms with E-state index in [-0.39, 0.29) is 18.6 Å². The standard InChI is InChI=1S/C15H23N3O4S/c1-10(2)14-16-12(9-23-14)15(21)18-4-5-22-11(7-18)6-17(3)8-13(19)20/h9-11H,4-8H2,1-3H3,(H,19,20). The molecular weight excluding hydrogens is 318 g/mol. The van der Waals surface area contributed by atoms with E-state index in [2.05, 4.69) is 18.8 Å². The summed E-state index contributed by atoms with van der Waals surface area (Å²) in [4.78, 5) is 31.1. The molecule has 1 aliphatic rings. The smallest absolute Gasteiger partial charge is 0.317 e. The van der Waals surface area contributed by atoms with Crippen LogP contribution >= 0.6 is 11.3 Å². The third kappa shape index (κ3) is 4.98. The Morgan fingerprint density at radius 1 is 1.57 bits per heavy atom. The summed E-state index contributed by atoms with van der Waals surface area (Å²) in [5, 5.41) is 11.6. The molecule has 7 nitrogen and oxygen atoms in total. The van der Waals surface area contributed by atoms with Crippen LogP contribution in [0.25, 0.3) is 0 Å². The number of thiazole rings is 1. The van der Waals surface area contributed by atoms with Crippen molar-refractivity contribution in [2.24, 2.45) is 0 Å². The Bertz CT molecular complexity index is 561. The first-order valence-corrected chi connectivity index (χ1v) is 8.51. The van der Waals surface area contributed by atoms with Gasteiger partial charge in [0.25, 0.3) is 5.91 Å². The van der Waals surface area contributed by atoms with E-state index >= 15 is 0 Å². The first-order chi connectivity index (χ1) is 10.9. The molecule has 8 heteroatoms. The average molecular weight is 341 g/mol. The second-order valence-electron chi connectivity index (χ2n) is 6.06. The predicted molar refractivity (Wildman–Crippen MR) is 87.0 cm³/mol. The molecule has 128 valence electrons. The molecule has 1 unspecified atom stereocenters. The van der Waals surface area contributed by atoms with Gasteiger partial charge in [-0.15, -0.1) is 11.3 Å². The van der Waals surface area contributed by atoms with E-state index in [4.69, 9.17) is 9.84 Å². The topological polar surface area (TPSA) is 83.0 Å². The van der Waals surface area contributed by atoms with Gasteiger partial charge >= 0.3 is 5.97 Å². The third-order valence-corrected chi connectivity index (χ3v) is 4.73. The summed E-state index contributed by atoms with van der Waals surface area (Å²) in [5.74, 6) is -0.647. The number of likely N-dealkylation sites (N-methyl/N-ethyl adjacent to an activating group) is 1. The van der Waals surface area contributed by atoms with Crippen LogP contribution in [0.4, 0.5) is 0 Å². The fraction of sp³-hybridized carbons (Fsp3) is 0.667. The van der Waals surface area contributed by atoms with E-state index in [0.29, 0.717) is 37.9 Å². The maximum Gasteiger partial charge on any atom is 0.317 e. The number of carboxylic acid groups (broad SMARTS) is 1. The number of morpholine rings is 1. The number of carboxylic acids is 1. The van der Waals surface area contributed by atoms with Gasteiger partial charge in [-0.25, -0.2) is 4.98 Å². The molecule has 1 N–H and O–H groups in total. The van der Waals surface area contributed by atoms with Gasteiger partial charge in [-0.1, -0.05) is 13.8 Å². The minimum absolute atomic E-state index is 0.0440. The van der Waals surface area contributed by atoms with E-state index in [1.54, 1.807) is 22.2 Å². The summed E-state index contributed by atoms with van der Waals surface area (Å²) in [6.45, 7) is 5.98. The van der Waals surface area contributed by atoms with Crippen LogP contribution in [0.15, 0.2) is 5.38 Å². The van der Waals surface area contributed by atoms with Gasteiger partial charge < -0.3 is 14.7 Å². The van der Waals surface area contributed by atoms with Gasteiger partial charge in [-0.05, 0) is 7.05 Å². The van der Waals surface area contributed by atoms with Gasteiger partial charge in [0.1, 0.15) is 5.69 Å². The summed E-state index contributed by atoms with van der Waals surface area (Å²) in [7, 11) is 1.73. The van der Waals surface area contributed by atoms with Crippen molar-refractivity contribution < 1.29 is 19.4 Å². The molecule has 0 spiro atoms. The van der Waals surface area contributed by atoms with Crippen molar-refractivity contribution in [1.82, 2.24) is 14.8 Å². The van der Waals surface area contributed by atoms with Crippen molar-refractivity contribution in [3.8, 4) is 0 Å². The number of ether oxygens (including phenoxy) is 1. The Labute approximate surface area is 139 Å². The molecule has 0 radical (unpaired) electrons. The minimum atomic E-state index is -0.875. The highest BCUT2D eigenvalue weighted by atomic mass is 32.1. The Hall–Kier alpha value is -1.51. The molecule has 1 aromatic rings. The quantitative estimate of drug-likeness (QED) is 0.835. The van der Waals surface area contributed by atoms with Crippen LogP contribution in [0.3, 0.4) is 0 Å². The van der Waals surface area contributed by atoms with Crippen LogP contribution in [0.2, 0.25) is 0 Å². The Morgan fingerprint density at radius 2 is 2.30 bits per heavy atom. The Balaban J connectivity index is 1.94. The van der Waals surface area contributed by atoms with Crippen molar-refractivity contribution in [3.05, 3.63) is 16.1 Å². The number of nitrogens with zero attached hydrogens (tertiary/aromatic N) is 3. The second-order valence-corrected chi connectivity index (χ2v) is 6.95. The van der Waals surface area contributed by atoms with Crippen LogP contribution in [-0.2, 0) is 9.53 Å². The molecule has 1 amide bonds. The van der Waals surface area contributed by atoms with Gasteiger partial charge in [0.2, 0.25) is 0 Å². The SMILES string of the molecule is CC(C)c1nc(C(=O)N2CCOC(CN(C)CC(=O)O)C2)cs1. The zero-order chi connectivity index (χ0) is 17.0. The average Bonchev–Trinajstić information content (AvgIpc) is 2.95. The van der Waals surface area contributed by atoms with E-state index in [1.165, 1.54) is 11.3 Å². The molecule has 0 aromatic carbocycles. The number of aliphatic carboxylic acids is 1. The highest BCUT2D eigenvalue weighted by Gasteiger charge is 2.27. The molecular formula is C15H23N3O4S. The summed E-state index contributed by atoms with van der Waals surface area (Å²) in [6.07, 6.45) is -0.180. The molecule has 1 aliphatic heterocycles. The van der Waals surface area contributed by atoms with E-state index in [0.717, 1.165) is 5.01 Å². The predicted octanol–water partition coefficient (Wildman–Crippen LogP) is 1.12. The van der Waals surface area contributed by atoms with Crippen molar-refractivity contribution in [3.63, 3.8) is 0 Å². The molecule has 0 bridgehead atoms. The van der Waals surface area contributed by atoms with Crippen molar-refractivity contribution in [2.75, 3.05) is 39.8 Å². The van der Waals surface area contributed by atoms with E-state index in [9.17, 15) is 9.59 Å². The lowest BCUT2D eigenvalue weighted by atomic mass is 10.2. The van der Waals surface area contributed by atoms with Crippen molar-refractivity contribution in [1.29, 1.82) is 0 Å². The fourth-order valence-corrected chi connectivity index (χ4v) is 3.28. The van der Waals surface area contributed by atoms with Gasteiger partial charge in [-0.3, -0.25) is 14.5 Å². The maximum atomic E-state index is 12.6. The van der Waals surface area contributed by atoms with Crippen LogP contribution in [0.5, 0.6) is 0 Å². The number of rotatable bonds is 6. The molecule has 1 atom stereocenters. The normalized spacial score (nSPS) is 18.7. The lowest BCUT2D eigenvalue weighted by Crippen LogP contribution is -2.49. The van der Waals surface area contributed by atoms with Gasteiger partial charge in [-0.2, -0.15) is 0 Å². The fourth-order valence-electron chi connectivity index (χ4n) is 2.47. The lowest BCUT2D eigenvalue weighted by molar-refractivity contribution is -0.138. The highest BCUT2D eigenvalue weighted by Crippen LogP contribution is 2.20. The van der Waals surface area contributed by atoms with Crippen LogP contribution in [-0.4, -0.2) is 77.7 Å². The minimum Gasteiger partial charge on any atom is -0.480 e. The molecule has 1 fully saturated rings. The monoisotopic (exact) mass is 341 g/mol. The number of aromatic nitrogens is 1. The van der Waals surface area contributed by atoms with E-state index in [1.807, 2.05) is 0 Å². The van der Waals surface area contributed by atoms with Gasteiger partial charge in [0.05, 0.1) is 24.3 Å². The number of carbonyl (C=O) groups excluding carboxylic acids is 1. The summed E-state index contributed by atoms with van der Waals surface area (Å²) < 4.78 is 5.64. The molecule has 2 rings (SSSR count). The summed E-state index contributed by atoms with van der Waals surface area (Å²) >= 11 is 1.50. The number of hydrogen-bond acceptors (Lipinski definition) is 6. The van der Waals surface area contributed by atoms with Crippen molar-refractivity contribution >= 4 is 23.2 Å². The molecule has 2 heterocycles. The van der Waals surface area contributed by atoms with Crippen LogP contribution in [0, 0.1) is 0 Å². The molecule has 0 saturated carbocycles. The first kappa shape index (κ1) is 17.8. The molecule has 1 saturated heterocycles. The number of amides is 1.